The van der Waals surface area contributed by atoms with E-state index >= 15 is 0 Å². The maximum absolute atomic E-state index is 13.3. The first-order valence-electron chi connectivity index (χ1n) is 4.19. The molecule has 0 radical (unpaired) electrons. The van der Waals surface area contributed by atoms with Gasteiger partial charge in [-0.15, -0.1) is 0 Å². The molecule has 11 heavy (non-hydrogen) atoms. The summed E-state index contributed by atoms with van der Waals surface area (Å²) in [5, 5.41) is 3.03. The molecule has 2 heteroatoms. The highest BCUT2D eigenvalue weighted by atomic mass is 19.1. The van der Waals surface area contributed by atoms with Crippen LogP contribution in [0.1, 0.15) is 34.1 Å². The molecule has 2 unspecified atom stereocenters. The molecule has 1 nitrogen and oxygen atoms in total. The van der Waals surface area contributed by atoms with Crippen LogP contribution in [0.5, 0.6) is 0 Å². The molecule has 0 saturated heterocycles. The van der Waals surface area contributed by atoms with Crippen molar-refractivity contribution >= 4 is 0 Å². The normalized spacial score (nSPS) is 18.0. The molecule has 0 aliphatic carbocycles. The Morgan fingerprint density at radius 2 is 1.82 bits per heavy atom. The van der Waals surface area contributed by atoms with Gasteiger partial charge in [-0.25, -0.2) is 4.39 Å². The minimum Gasteiger partial charge on any atom is -0.317 e. The predicted molar refractivity (Wildman–Crippen MR) is 47.5 cm³/mol. The molecule has 0 fully saturated rings. The van der Waals surface area contributed by atoms with E-state index in [1.807, 2.05) is 34.7 Å². The largest absolute Gasteiger partial charge is 0.317 e. The Morgan fingerprint density at radius 3 is 2.09 bits per heavy atom. The Bertz CT molecular complexity index is 107. The van der Waals surface area contributed by atoms with Crippen LogP contribution in [0.4, 0.5) is 4.39 Å². The summed E-state index contributed by atoms with van der Waals surface area (Å²) in [7, 11) is 1.86. The highest BCUT2D eigenvalue weighted by molar-refractivity contribution is 4.76. The van der Waals surface area contributed by atoms with Crippen LogP contribution in [0.2, 0.25) is 0 Å². The molecule has 0 heterocycles. The Labute approximate surface area is 69.4 Å². The first-order chi connectivity index (χ1) is 4.88. The van der Waals surface area contributed by atoms with Gasteiger partial charge >= 0.3 is 0 Å². The number of alkyl halides is 1. The van der Waals surface area contributed by atoms with Gasteiger partial charge in [0.2, 0.25) is 0 Å². The highest BCUT2D eigenvalue weighted by Gasteiger charge is 2.25. The number of nitrogens with one attached hydrogen (secondary N) is 1. The minimum atomic E-state index is -0.718. The molecule has 0 spiro atoms. The molecule has 1 N–H and O–H groups in total. The van der Waals surface area contributed by atoms with Gasteiger partial charge in [0, 0.05) is 6.04 Å². The Morgan fingerprint density at radius 1 is 1.36 bits per heavy atom. The molecular formula is C9H20FN. The highest BCUT2D eigenvalue weighted by Crippen LogP contribution is 2.25. The fourth-order valence-corrected chi connectivity index (χ4v) is 0.782. The van der Waals surface area contributed by atoms with Gasteiger partial charge in [0.05, 0.1) is 0 Å². The summed E-state index contributed by atoms with van der Waals surface area (Å²) in [6, 6.07) is 0.268. The van der Waals surface area contributed by atoms with E-state index in [9.17, 15) is 4.39 Å². The van der Waals surface area contributed by atoms with Crippen LogP contribution >= 0.6 is 0 Å². The molecule has 0 aliphatic heterocycles. The first-order valence-corrected chi connectivity index (χ1v) is 4.19. The topological polar surface area (TPSA) is 12.0 Å². The van der Waals surface area contributed by atoms with Crippen LogP contribution in [0.15, 0.2) is 0 Å². The fourth-order valence-electron chi connectivity index (χ4n) is 0.782. The summed E-state index contributed by atoms with van der Waals surface area (Å²) in [6.45, 7) is 7.79. The zero-order valence-corrected chi connectivity index (χ0v) is 8.24. The van der Waals surface area contributed by atoms with Crippen molar-refractivity contribution < 1.29 is 4.39 Å². The van der Waals surface area contributed by atoms with E-state index < -0.39 is 6.17 Å². The average molecular weight is 161 g/mol. The molecule has 0 aromatic carbocycles. The van der Waals surface area contributed by atoms with Crippen molar-refractivity contribution in [1.29, 1.82) is 0 Å². The molecule has 0 saturated carbocycles. The van der Waals surface area contributed by atoms with Crippen LogP contribution < -0.4 is 5.32 Å². The SMILES string of the molecule is CNC(C)CC(F)C(C)(C)C. The third-order valence-corrected chi connectivity index (χ3v) is 1.99. The van der Waals surface area contributed by atoms with Crippen molar-refractivity contribution in [2.75, 3.05) is 7.05 Å². The second-order valence-corrected chi connectivity index (χ2v) is 4.26. The van der Waals surface area contributed by atoms with Gasteiger partial charge in [0.1, 0.15) is 6.17 Å². The number of halogens is 1. The van der Waals surface area contributed by atoms with E-state index in [1.54, 1.807) is 0 Å². The van der Waals surface area contributed by atoms with E-state index in [2.05, 4.69) is 5.32 Å². The summed E-state index contributed by atoms with van der Waals surface area (Å²) in [6.07, 6.45) is -0.120. The fraction of sp³-hybridized carbons (Fsp3) is 1.00. The van der Waals surface area contributed by atoms with Gasteiger partial charge in [-0.1, -0.05) is 20.8 Å². The van der Waals surface area contributed by atoms with Crippen molar-refractivity contribution in [2.45, 2.75) is 46.3 Å². The summed E-state index contributed by atoms with van der Waals surface area (Å²) < 4.78 is 13.3. The van der Waals surface area contributed by atoms with Gasteiger partial charge < -0.3 is 5.32 Å². The van der Waals surface area contributed by atoms with E-state index in [-0.39, 0.29) is 11.5 Å². The summed E-state index contributed by atoms with van der Waals surface area (Å²) in [4.78, 5) is 0. The number of rotatable bonds is 3. The molecular weight excluding hydrogens is 141 g/mol. The van der Waals surface area contributed by atoms with Crippen LogP contribution in [0.3, 0.4) is 0 Å². The maximum atomic E-state index is 13.3. The van der Waals surface area contributed by atoms with Gasteiger partial charge in [-0.05, 0) is 25.8 Å². The van der Waals surface area contributed by atoms with Gasteiger partial charge in [0.25, 0.3) is 0 Å². The lowest BCUT2D eigenvalue weighted by molar-refractivity contribution is 0.141. The van der Waals surface area contributed by atoms with Gasteiger partial charge in [-0.3, -0.25) is 0 Å². The molecule has 0 aliphatic rings. The monoisotopic (exact) mass is 161 g/mol. The van der Waals surface area contributed by atoms with Crippen LogP contribution in [-0.4, -0.2) is 19.3 Å². The lowest BCUT2D eigenvalue weighted by Crippen LogP contribution is -2.31. The van der Waals surface area contributed by atoms with Crippen molar-refractivity contribution in [3.8, 4) is 0 Å². The lowest BCUT2D eigenvalue weighted by Gasteiger charge is -2.25. The van der Waals surface area contributed by atoms with Crippen molar-refractivity contribution in [3.63, 3.8) is 0 Å². The van der Waals surface area contributed by atoms with Crippen molar-refractivity contribution in [2.24, 2.45) is 5.41 Å². The van der Waals surface area contributed by atoms with Gasteiger partial charge in [-0.2, -0.15) is 0 Å². The minimum absolute atomic E-state index is 0.217. The standard InChI is InChI=1S/C9H20FN/c1-7(11-5)6-8(10)9(2,3)4/h7-8,11H,6H2,1-5H3. The molecule has 0 rings (SSSR count). The van der Waals surface area contributed by atoms with E-state index in [4.69, 9.17) is 0 Å². The van der Waals surface area contributed by atoms with E-state index in [0.29, 0.717) is 6.42 Å². The summed E-state index contributed by atoms with van der Waals surface area (Å²) in [5.74, 6) is 0. The Kier molecular flexibility index (Phi) is 4.01. The molecule has 68 valence electrons. The lowest BCUT2D eigenvalue weighted by atomic mass is 9.87. The predicted octanol–water partition coefficient (Wildman–Crippen LogP) is 2.37. The van der Waals surface area contributed by atoms with Crippen LogP contribution in [0.25, 0.3) is 0 Å². The molecule has 0 aromatic rings. The van der Waals surface area contributed by atoms with Crippen LogP contribution in [-0.2, 0) is 0 Å². The zero-order valence-electron chi connectivity index (χ0n) is 8.24. The smallest absolute Gasteiger partial charge is 0.106 e. The summed E-state index contributed by atoms with van der Waals surface area (Å²) >= 11 is 0. The quantitative estimate of drug-likeness (QED) is 0.670. The number of hydrogen-bond acceptors (Lipinski definition) is 1. The van der Waals surface area contributed by atoms with Crippen molar-refractivity contribution in [3.05, 3.63) is 0 Å². The van der Waals surface area contributed by atoms with Gasteiger partial charge in [0.15, 0.2) is 0 Å². The Balaban J connectivity index is 3.77. The van der Waals surface area contributed by atoms with Crippen molar-refractivity contribution in [1.82, 2.24) is 5.32 Å². The first kappa shape index (κ1) is 10.9. The maximum Gasteiger partial charge on any atom is 0.106 e. The van der Waals surface area contributed by atoms with E-state index in [1.165, 1.54) is 0 Å². The molecule has 0 bridgehead atoms. The summed E-state index contributed by atoms with van der Waals surface area (Å²) in [5.41, 5.74) is -0.217. The third kappa shape index (κ3) is 4.35. The van der Waals surface area contributed by atoms with E-state index in [0.717, 1.165) is 0 Å². The Hall–Kier alpha value is -0.110. The average Bonchev–Trinajstić information content (AvgIpc) is 1.85. The molecule has 0 amide bonds. The zero-order chi connectivity index (χ0) is 9.07. The molecule has 0 aromatic heterocycles. The number of hydrogen-bond donors (Lipinski definition) is 1. The van der Waals surface area contributed by atoms with Crippen LogP contribution in [0, 0.1) is 5.41 Å². The second-order valence-electron chi connectivity index (χ2n) is 4.26. The third-order valence-electron chi connectivity index (χ3n) is 1.99. The second kappa shape index (κ2) is 4.05. The molecule has 2 atom stereocenters.